The van der Waals surface area contributed by atoms with Gasteiger partial charge >= 0.3 is 0 Å². The monoisotopic (exact) mass is 291 g/mol. The van der Waals surface area contributed by atoms with Crippen LogP contribution in [0.2, 0.25) is 0 Å². The Labute approximate surface area is 126 Å². The van der Waals surface area contributed by atoms with Gasteiger partial charge in [-0.05, 0) is 31.5 Å². The summed E-state index contributed by atoms with van der Waals surface area (Å²) in [6.45, 7) is 7.46. The Kier molecular flexibility index (Phi) is 4.85. The molecule has 1 heterocycles. The van der Waals surface area contributed by atoms with Gasteiger partial charge in [0.15, 0.2) is 0 Å². The maximum atomic E-state index is 12.1. The molecule has 1 aromatic carbocycles. The Morgan fingerprint density at radius 1 is 1.29 bits per heavy atom. The van der Waals surface area contributed by atoms with Gasteiger partial charge in [-0.1, -0.05) is 12.1 Å². The molecule has 1 aromatic rings. The van der Waals surface area contributed by atoms with Crippen LogP contribution in [0, 0.1) is 0 Å². The van der Waals surface area contributed by atoms with E-state index < -0.39 is 5.54 Å². The molecule has 1 saturated heterocycles. The second-order valence-electron chi connectivity index (χ2n) is 6.15. The molecule has 2 N–H and O–H groups in total. The van der Waals surface area contributed by atoms with Crippen LogP contribution in [0.25, 0.3) is 0 Å². The molecule has 0 saturated carbocycles. The smallest absolute Gasteiger partial charge is 0.242 e. The van der Waals surface area contributed by atoms with Gasteiger partial charge in [0, 0.05) is 32.4 Å². The molecule has 0 spiro atoms. The number of nitrogens with two attached hydrogens (primary N) is 1. The van der Waals surface area contributed by atoms with Crippen LogP contribution in [-0.2, 0) is 16.1 Å². The van der Waals surface area contributed by atoms with Crippen molar-refractivity contribution in [2.45, 2.75) is 25.9 Å². The Balaban J connectivity index is 1.97. The zero-order valence-electron chi connectivity index (χ0n) is 13.1. The zero-order chi connectivity index (χ0) is 15.5. The van der Waals surface area contributed by atoms with Crippen molar-refractivity contribution < 1.29 is 9.53 Å². The zero-order valence-corrected chi connectivity index (χ0v) is 13.1. The third-order valence-corrected chi connectivity index (χ3v) is 3.63. The molecule has 2 rings (SSSR count). The minimum atomic E-state index is -0.831. The van der Waals surface area contributed by atoms with Gasteiger partial charge in [0.05, 0.1) is 18.8 Å². The fourth-order valence-corrected chi connectivity index (χ4v) is 2.47. The SMILES string of the molecule is CN(Cc1ccc(N2CCOCC2)cc1)C(=O)C(C)(C)N. The molecule has 5 heteroatoms. The lowest BCUT2D eigenvalue weighted by atomic mass is 10.1. The number of carbonyl (C=O) groups excluding carboxylic acids is 1. The van der Waals surface area contributed by atoms with Crippen molar-refractivity contribution in [3.05, 3.63) is 29.8 Å². The predicted molar refractivity (Wildman–Crippen MR) is 84.2 cm³/mol. The van der Waals surface area contributed by atoms with Crippen molar-refractivity contribution in [1.29, 1.82) is 0 Å². The van der Waals surface area contributed by atoms with Crippen molar-refractivity contribution in [2.75, 3.05) is 38.3 Å². The van der Waals surface area contributed by atoms with Gasteiger partial charge in [-0.25, -0.2) is 0 Å². The Morgan fingerprint density at radius 2 is 1.86 bits per heavy atom. The van der Waals surface area contributed by atoms with Crippen LogP contribution in [0.15, 0.2) is 24.3 Å². The Bertz CT molecular complexity index is 473. The number of likely N-dealkylation sites (N-methyl/N-ethyl adjacent to an activating group) is 1. The summed E-state index contributed by atoms with van der Waals surface area (Å²) in [6, 6.07) is 8.34. The van der Waals surface area contributed by atoms with Gasteiger partial charge in [-0.15, -0.1) is 0 Å². The average molecular weight is 291 g/mol. The molecule has 1 amide bonds. The summed E-state index contributed by atoms with van der Waals surface area (Å²) in [5.41, 5.74) is 7.32. The van der Waals surface area contributed by atoms with Gasteiger partial charge in [0.25, 0.3) is 0 Å². The summed E-state index contributed by atoms with van der Waals surface area (Å²) in [6.07, 6.45) is 0. The molecule has 0 unspecified atom stereocenters. The van der Waals surface area contributed by atoms with Crippen molar-refractivity contribution in [1.82, 2.24) is 4.90 Å². The van der Waals surface area contributed by atoms with E-state index in [2.05, 4.69) is 29.2 Å². The number of carbonyl (C=O) groups is 1. The molecule has 1 aliphatic heterocycles. The summed E-state index contributed by atoms with van der Waals surface area (Å²) < 4.78 is 5.36. The molecule has 0 aliphatic carbocycles. The molecular weight excluding hydrogens is 266 g/mol. The minimum Gasteiger partial charge on any atom is -0.378 e. The normalized spacial score (nSPS) is 15.9. The van der Waals surface area contributed by atoms with Crippen LogP contribution in [0.5, 0.6) is 0 Å². The molecule has 0 bridgehead atoms. The van der Waals surface area contributed by atoms with Crippen molar-refractivity contribution >= 4 is 11.6 Å². The second kappa shape index (κ2) is 6.45. The predicted octanol–water partition coefficient (Wildman–Crippen LogP) is 1.22. The molecule has 5 nitrogen and oxygen atoms in total. The Morgan fingerprint density at radius 3 is 2.38 bits per heavy atom. The summed E-state index contributed by atoms with van der Waals surface area (Å²) in [5, 5.41) is 0. The van der Waals surface area contributed by atoms with Crippen molar-refractivity contribution in [3.63, 3.8) is 0 Å². The molecule has 21 heavy (non-hydrogen) atoms. The molecule has 1 aliphatic rings. The quantitative estimate of drug-likeness (QED) is 0.906. The highest BCUT2D eigenvalue weighted by Gasteiger charge is 2.25. The lowest BCUT2D eigenvalue weighted by Gasteiger charge is -2.29. The van der Waals surface area contributed by atoms with Gasteiger partial charge in [-0.2, -0.15) is 0 Å². The summed E-state index contributed by atoms with van der Waals surface area (Å²) in [7, 11) is 1.78. The number of benzene rings is 1. The largest absolute Gasteiger partial charge is 0.378 e. The molecule has 1 fully saturated rings. The number of amides is 1. The maximum absolute atomic E-state index is 12.1. The summed E-state index contributed by atoms with van der Waals surface area (Å²) in [4.78, 5) is 16.0. The van der Waals surface area contributed by atoms with Crippen LogP contribution in [0.3, 0.4) is 0 Å². The third-order valence-electron chi connectivity index (χ3n) is 3.63. The first-order valence-electron chi connectivity index (χ1n) is 7.34. The molecule has 0 atom stereocenters. The highest BCUT2D eigenvalue weighted by atomic mass is 16.5. The summed E-state index contributed by atoms with van der Waals surface area (Å²) >= 11 is 0. The van der Waals surface area contributed by atoms with E-state index in [0.717, 1.165) is 31.9 Å². The number of morpholine rings is 1. The van der Waals surface area contributed by atoms with Gasteiger partial charge in [-0.3, -0.25) is 4.79 Å². The van der Waals surface area contributed by atoms with Crippen LogP contribution in [-0.4, -0.2) is 49.7 Å². The molecule has 116 valence electrons. The summed E-state index contributed by atoms with van der Waals surface area (Å²) in [5.74, 6) is -0.0558. The first-order chi connectivity index (χ1) is 9.88. The van der Waals surface area contributed by atoms with Crippen molar-refractivity contribution in [2.24, 2.45) is 5.73 Å². The van der Waals surface area contributed by atoms with E-state index in [1.54, 1.807) is 25.8 Å². The van der Waals surface area contributed by atoms with E-state index in [1.807, 2.05) is 0 Å². The van der Waals surface area contributed by atoms with Gasteiger partial charge < -0.3 is 20.3 Å². The topological polar surface area (TPSA) is 58.8 Å². The highest BCUT2D eigenvalue weighted by Crippen LogP contribution is 2.17. The lowest BCUT2D eigenvalue weighted by Crippen LogP contribution is -2.49. The lowest BCUT2D eigenvalue weighted by molar-refractivity contribution is -0.134. The number of anilines is 1. The molecule has 0 radical (unpaired) electrons. The van der Waals surface area contributed by atoms with Crippen LogP contribution < -0.4 is 10.6 Å². The molecular formula is C16H25N3O2. The number of nitrogens with zero attached hydrogens (tertiary/aromatic N) is 2. The van der Waals surface area contributed by atoms with Gasteiger partial charge in [0.1, 0.15) is 0 Å². The third kappa shape index (κ3) is 4.19. The standard InChI is InChI=1S/C16H25N3O2/c1-16(2,17)15(20)18(3)12-13-4-6-14(7-5-13)19-8-10-21-11-9-19/h4-7H,8-12,17H2,1-3H3. The van der Waals surface area contributed by atoms with Crippen LogP contribution in [0.1, 0.15) is 19.4 Å². The number of rotatable bonds is 4. The number of hydrogen-bond donors (Lipinski definition) is 1. The number of ether oxygens (including phenoxy) is 1. The van der Waals surface area contributed by atoms with E-state index in [-0.39, 0.29) is 5.91 Å². The van der Waals surface area contributed by atoms with Crippen LogP contribution in [0.4, 0.5) is 5.69 Å². The Hall–Kier alpha value is -1.59. The first-order valence-corrected chi connectivity index (χ1v) is 7.34. The highest BCUT2D eigenvalue weighted by molar-refractivity contribution is 5.84. The van der Waals surface area contributed by atoms with E-state index in [1.165, 1.54) is 5.69 Å². The molecule has 0 aromatic heterocycles. The minimum absolute atomic E-state index is 0.0558. The first kappa shape index (κ1) is 15.8. The fraction of sp³-hybridized carbons (Fsp3) is 0.562. The van der Waals surface area contributed by atoms with E-state index in [4.69, 9.17) is 10.5 Å². The fourth-order valence-electron chi connectivity index (χ4n) is 2.47. The van der Waals surface area contributed by atoms with Crippen LogP contribution >= 0.6 is 0 Å². The maximum Gasteiger partial charge on any atom is 0.242 e. The number of hydrogen-bond acceptors (Lipinski definition) is 4. The average Bonchev–Trinajstić information content (AvgIpc) is 2.47. The van der Waals surface area contributed by atoms with E-state index in [0.29, 0.717) is 6.54 Å². The second-order valence-corrected chi connectivity index (χ2v) is 6.15. The van der Waals surface area contributed by atoms with E-state index in [9.17, 15) is 4.79 Å². The van der Waals surface area contributed by atoms with Crippen molar-refractivity contribution in [3.8, 4) is 0 Å². The van der Waals surface area contributed by atoms with E-state index >= 15 is 0 Å². The van der Waals surface area contributed by atoms with Gasteiger partial charge in [0.2, 0.25) is 5.91 Å².